The number of rotatable bonds is 4. The third kappa shape index (κ3) is 2.89. The first-order valence-electron chi connectivity index (χ1n) is 5.64. The monoisotopic (exact) mass is 273 g/mol. The van der Waals surface area contributed by atoms with Gasteiger partial charge in [0.25, 0.3) is 11.6 Å². The first kappa shape index (κ1) is 13.5. The van der Waals surface area contributed by atoms with Gasteiger partial charge in [0.05, 0.1) is 23.7 Å². The van der Waals surface area contributed by atoms with E-state index < -0.39 is 4.92 Å². The Kier molecular flexibility index (Phi) is 3.90. The molecule has 2 aromatic rings. The molecule has 1 heterocycles. The number of hydrogen-bond donors (Lipinski definition) is 0. The average molecular weight is 273 g/mol. The van der Waals surface area contributed by atoms with Crippen molar-refractivity contribution in [1.29, 1.82) is 0 Å². The van der Waals surface area contributed by atoms with E-state index in [1.807, 2.05) is 0 Å². The first-order chi connectivity index (χ1) is 9.61. The fraction of sp³-hybridized carbons (Fsp3) is 0.0769. The van der Waals surface area contributed by atoms with Crippen molar-refractivity contribution in [2.24, 2.45) is 0 Å². The Bertz CT molecular complexity index is 662. The normalized spacial score (nSPS) is 10.7. The number of carbonyl (C=O) groups is 1. The smallest absolute Gasteiger partial charge is 0.280 e. The molecule has 102 valence electrons. The molecule has 0 radical (unpaired) electrons. The van der Waals surface area contributed by atoms with E-state index in [1.54, 1.807) is 6.07 Å². The number of methoxy groups -OCH3 is 1. The summed E-state index contributed by atoms with van der Waals surface area (Å²) in [5, 5.41) is 11.0. The molecule has 7 heteroatoms. The molecule has 0 bridgehead atoms. The van der Waals surface area contributed by atoms with Crippen LogP contribution in [-0.4, -0.2) is 27.5 Å². The van der Waals surface area contributed by atoms with E-state index in [2.05, 4.69) is 4.98 Å². The van der Waals surface area contributed by atoms with Crippen molar-refractivity contribution in [2.75, 3.05) is 7.11 Å². The second-order valence-corrected chi connectivity index (χ2v) is 3.82. The van der Waals surface area contributed by atoms with Gasteiger partial charge in [0.1, 0.15) is 12.1 Å². The van der Waals surface area contributed by atoms with Gasteiger partial charge in [-0.05, 0) is 18.2 Å². The van der Waals surface area contributed by atoms with Crippen LogP contribution in [0, 0.1) is 10.1 Å². The quantitative estimate of drug-likeness (QED) is 0.484. The Hall–Kier alpha value is -2.96. The molecule has 7 nitrogen and oxygen atoms in total. The Morgan fingerprint density at radius 3 is 2.90 bits per heavy atom. The van der Waals surface area contributed by atoms with E-state index in [1.165, 1.54) is 54.7 Å². The van der Waals surface area contributed by atoms with Gasteiger partial charge in [-0.2, -0.15) is 0 Å². The zero-order valence-electron chi connectivity index (χ0n) is 10.6. The van der Waals surface area contributed by atoms with Gasteiger partial charge in [0.2, 0.25) is 0 Å². The number of imidazole rings is 1. The molecule has 0 unspecified atom stereocenters. The third-order valence-electron chi connectivity index (χ3n) is 2.60. The minimum absolute atomic E-state index is 0.126. The van der Waals surface area contributed by atoms with Crippen LogP contribution in [0.1, 0.15) is 10.4 Å². The van der Waals surface area contributed by atoms with Crippen molar-refractivity contribution in [3.8, 4) is 5.75 Å². The van der Waals surface area contributed by atoms with E-state index in [4.69, 9.17) is 4.74 Å². The Balaban J connectivity index is 2.29. The number of benzene rings is 1. The lowest BCUT2D eigenvalue weighted by Crippen LogP contribution is -2.03. The summed E-state index contributed by atoms with van der Waals surface area (Å²) in [6, 6.07) is 4.42. The highest BCUT2D eigenvalue weighted by molar-refractivity contribution is 5.94. The Morgan fingerprint density at radius 2 is 2.30 bits per heavy atom. The molecule has 0 aliphatic carbocycles. The molecule has 0 aliphatic heterocycles. The summed E-state index contributed by atoms with van der Waals surface area (Å²) in [6.07, 6.45) is 6.96. The minimum atomic E-state index is -0.524. The van der Waals surface area contributed by atoms with Crippen LogP contribution >= 0.6 is 0 Å². The van der Waals surface area contributed by atoms with Crippen LogP contribution in [0.25, 0.3) is 6.08 Å². The van der Waals surface area contributed by atoms with E-state index >= 15 is 0 Å². The first-order valence-corrected chi connectivity index (χ1v) is 5.64. The number of ether oxygens (including phenoxy) is 1. The molecule has 0 amide bonds. The highest BCUT2D eigenvalue weighted by atomic mass is 16.6. The molecule has 0 aliphatic rings. The van der Waals surface area contributed by atoms with Gasteiger partial charge in [0.15, 0.2) is 0 Å². The maximum atomic E-state index is 11.7. The Morgan fingerprint density at radius 1 is 1.50 bits per heavy atom. The molecule has 20 heavy (non-hydrogen) atoms. The number of hydrogen-bond acceptors (Lipinski definition) is 5. The molecular weight excluding hydrogens is 262 g/mol. The average Bonchev–Trinajstić information content (AvgIpc) is 2.98. The summed E-state index contributed by atoms with van der Waals surface area (Å²) in [7, 11) is 1.43. The fourth-order valence-electron chi connectivity index (χ4n) is 1.59. The largest absolute Gasteiger partial charge is 0.497 e. The SMILES string of the molecule is COc1ccc(C=CC(=O)n2ccnc2)c([N+](=O)[O-])c1. The van der Waals surface area contributed by atoms with Gasteiger partial charge in [-0.25, -0.2) is 4.98 Å². The van der Waals surface area contributed by atoms with Crippen LogP contribution in [0.5, 0.6) is 5.75 Å². The van der Waals surface area contributed by atoms with Crippen LogP contribution < -0.4 is 4.74 Å². The van der Waals surface area contributed by atoms with Crippen molar-refractivity contribution >= 4 is 17.7 Å². The summed E-state index contributed by atoms with van der Waals surface area (Å²) in [5.41, 5.74) is 0.197. The van der Waals surface area contributed by atoms with Gasteiger partial charge in [-0.15, -0.1) is 0 Å². The minimum Gasteiger partial charge on any atom is -0.497 e. The van der Waals surface area contributed by atoms with E-state index in [0.29, 0.717) is 11.3 Å². The molecule has 2 rings (SSSR count). The zero-order chi connectivity index (χ0) is 14.5. The molecule has 0 fully saturated rings. The number of nitro benzene ring substituents is 1. The second kappa shape index (κ2) is 5.79. The van der Waals surface area contributed by atoms with Crippen molar-refractivity contribution in [3.63, 3.8) is 0 Å². The zero-order valence-corrected chi connectivity index (χ0v) is 10.6. The Labute approximate surface area is 114 Å². The number of aromatic nitrogens is 2. The van der Waals surface area contributed by atoms with Crippen LogP contribution in [0.4, 0.5) is 5.69 Å². The predicted octanol–water partition coefficient (Wildman–Crippen LogP) is 2.15. The van der Waals surface area contributed by atoms with Crippen molar-refractivity contribution < 1.29 is 14.5 Å². The number of nitro groups is 1. The molecule has 1 aromatic carbocycles. The van der Waals surface area contributed by atoms with Crippen molar-refractivity contribution in [3.05, 3.63) is 58.7 Å². The molecular formula is C13H11N3O4. The second-order valence-electron chi connectivity index (χ2n) is 3.82. The third-order valence-corrected chi connectivity index (χ3v) is 2.60. The summed E-state index contributed by atoms with van der Waals surface area (Å²) >= 11 is 0. The van der Waals surface area contributed by atoms with Crippen LogP contribution in [-0.2, 0) is 0 Å². The standard InChI is InChI=1S/C13H11N3O4/c1-20-11-4-2-10(12(8-11)16(18)19)3-5-13(17)15-7-6-14-9-15/h2-9H,1H3. The maximum absolute atomic E-state index is 11.7. The molecule has 1 aromatic heterocycles. The van der Waals surface area contributed by atoms with Gasteiger partial charge < -0.3 is 4.74 Å². The van der Waals surface area contributed by atoms with E-state index in [9.17, 15) is 14.9 Å². The van der Waals surface area contributed by atoms with Gasteiger partial charge in [0, 0.05) is 18.5 Å². The van der Waals surface area contributed by atoms with Crippen LogP contribution in [0.2, 0.25) is 0 Å². The molecule has 0 saturated heterocycles. The summed E-state index contributed by atoms with van der Waals surface area (Å²) in [4.78, 5) is 25.9. The number of nitrogens with zero attached hydrogens (tertiary/aromatic N) is 3. The van der Waals surface area contributed by atoms with Crippen LogP contribution in [0.15, 0.2) is 43.0 Å². The lowest BCUT2D eigenvalue weighted by Gasteiger charge is -2.02. The highest BCUT2D eigenvalue weighted by Crippen LogP contribution is 2.25. The highest BCUT2D eigenvalue weighted by Gasteiger charge is 2.13. The summed E-state index contributed by atoms with van der Waals surface area (Å²) in [5.74, 6) is 0.0439. The van der Waals surface area contributed by atoms with E-state index in [0.717, 1.165) is 0 Å². The van der Waals surface area contributed by atoms with Gasteiger partial charge >= 0.3 is 0 Å². The summed E-state index contributed by atoms with van der Waals surface area (Å²) in [6.45, 7) is 0. The molecule has 0 N–H and O–H groups in total. The molecule has 0 saturated carbocycles. The van der Waals surface area contributed by atoms with Gasteiger partial charge in [-0.1, -0.05) is 0 Å². The predicted molar refractivity (Wildman–Crippen MR) is 71.5 cm³/mol. The molecule has 0 spiro atoms. The summed E-state index contributed by atoms with van der Waals surface area (Å²) < 4.78 is 6.21. The number of carbonyl (C=O) groups excluding carboxylic acids is 1. The molecule has 0 atom stereocenters. The van der Waals surface area contributed by atoms with E-state index in [-0.39, 0.29) is 11.6 Å². The fourth-order valence-corrected chi connectivity index (χ4v) is 1.59. The topological polar surface area (TPSA) is 87.3 Å². The van der Waals surface area contributed by atoms with Crippen molar-refractivity contribution in [1.82, 2.24) is 9.55 Å². The lowest BCUT2D eigenvalue weighted by molar-refractivity contribution is -0.385. The van der Waals surface area contributed by atoms with Crippen LogP contribution in [0.3, 0.4) is 0 Å². The van der Waals surface area contributed by atoms with Gasteiger partial charge in [-0.3, -0.25) is 19.5 Å². The number of allylic oxidation sites excluding steroid dienone is 1. The van der Waals surface area contributed by atoms with Crippen molar-refractivity contribution in [2.45, 2.75) is 0 Å². The maximum Gasteiger partial charge on any atom is 0.280 e. The lowest BCUT2D eigenvalue weighted by atomic mass is 10.1.